The van der Waals surface area contributed by atoms with Gasteiger partial charge < -0.3 is 4.74 Å². The van der Waals surface area contributed by atoms with E-state index in [0.29, 0.717) is 6.04 Å². The quantitative estimate of drug-likeness (QED) is 0.826. The molecule has 2 aliphatic rings. The Hall–Kier alpha value is -0.680. The van der Waals surface area contributed by atoms with E-state index in [-0.39, 0.29) is 16.9 Å². The molecule has 0 aliphatic carbocycles. The van der Waals surface area contributed by atoms with Crippen molar-refractivity contribution in [3.63, 3.8) is 0 Å². The standard InChI is InChI=1S/C14H18ClFN2O/c1-17-4-5-19-14-9-18(8-13(14)17)7-10-2-3-11(15)12(16)6-10/h2-3,6,13-14H,4-5,7-9H2,1H3/t13-,14+/m0/s1. The summed E-state index contributed by atoms with van der Waals surface area (Å²) < 4.78 is 19.2. The van der Waals surface area contributed by atoms with Crippen molar-refractivity contribution in [2.45, 2.75) is 18.7 Å². The first-order chi connectivity index (χ1) is 9.13. The van der Waals surface area contributed by atoms with E-state index in [1.807, 2.05) is 6.07 Å². The first kappa shape index (κ1) is 13.3. The maximum absolute atomic E-state index is 13.4. The molecule has 1 aromatic rings. The zero-order chi connectivity index (χ0) is 13.4. The summed E-state index contributed by atoms with van der Waals surface area (Å²) in [6.45, 7) is 4.44. The molecular formula is C14H18ClFN2O. The Morgan fingerprint density at radius 3 is 3.00 bits per heavy atom. The number of ether oxygens (including phenoxy) is 1. The van der Waals surface area contributed by atoms with Crippen LogP contribution < -0.4 is 0 Å². The number of fused-ring (bicyclic) bond motifs is 1. The molecular weight excluding hydrogens is 267 g/mol. The molecule has 2 atom stereocenters. The van der Waals surface area contributed by atoms with Gasteiger partial charge in [0.25, 0.3) is 0 Å². The van der Waals surface area contributed by atoms with Gasteiger partial charge in [-0.1, -0.05) is 17.7 Å². The number of likely N-dealkylation sites (N-methyl/N-ethyl adjacent to an activating group) is 1. The predicted molar refractivity (Wildman–Crippen MR) is 72.8 cm³/mol. The number of benzene rings is 1. The van der Waals surface area contributed by atoms with E-state index >= 15 is 0 Å². The van der Waals surface area contributed by atoms with Crippen LogP contribution in [0.2, 0.25) is 5.02 Å². The second kappa shape index (κ2) is 5.37. The van der Waals surface area contributed by atoms with Gasteiger partial charge in [-0.15, -0.1) is 0 Å². The molecule has 3 nitrogen and oxygen atoms in total. The molecule has 0 amide bonds. The van der Waals surface area contributed by atoms with Gasteiger partial charge in [-0.05, 0) is 24.7 Å². The minimum Gasteiger partial charge on any atom is -0.374 e. The third-order valence-corrected chi connectivity index (χ3v) is 4.35. The maximum atomic E-state index is 13.4. The molecule has 19 heavy (non-hydrogen) atoms. The van der Waals surface area contributed by atoms with Crippen LogP contribution in [-0.2, 0) is 11.3 Å². The highest BCUT2D eigenvalue weighted by atomic mass is 35.5. The van der Waals surface area contributed by atoms with E-state index in [2.05, 4.69) is 16.8 Å². The second-order valence-corrected chi connectivity index (χ2v) is 5.81. The highest BCUT2D eigenvalue weighted by Crippen LogP contribution is 2.24. The Balaban J connectivity index is 1.66. The molecule has 0 radical (unpaired) electrons. The van der Waals surface area contributed by atoms with Gasteiger partial charge in [0.2, 0.25) is 0 Å². The van der Waals surface area contributed by atoms with Crippen LogP contribution in [0.15, 0.2) is 18.2 Å². The third kappa shape index (κ3) is 2.77. The lowest BCUT2D eigenvalue weighted by Crippen LogP contribution is -2.48. The Morgan fingerprint density at radius 1 is 1.42 bits per heavy atom. The van der Waals surface area contributed by atoms with E-state index in [1.54, 1.807) is 6.07 Å². The van der Waals surface area contributed by atoms with E-state index in [9.17, 15) is 4.39 Å². The molecule has 0 N–H and O–H groups in total. The lowest BCUT2D eigenvalue weighted by Gasteiger charge is -2.33. The summed E-state index contributed by atoms with van der Waals surface area (Å²) in [6, 6.07) is 5.50. The predicted octanol–water partition coefficient (Wildman–Crippen LogP) is 1.99. The van der Waals surface area contributed by atoms with Gasteiger partial charge in [0.1, 0.15) is 5.82 Å². The van der Waals surface area contributed by atoms with Crippen LogP contribution in [0.4, 0.5) is 4.39 Å². The minimum absolute atomic E-state index is 0.182. The number of likely N-dealkylation sites (tertiary alicyclic amines) is 1. The summed E-state index contributed by atoms with van der Waals surface area (Å²) in [7, 11) is 2.14. The van der Waals surface area contributed by atoms with Crippen LogP contribution in [-0.4, -0.2) is 55.2 Å². The second-order valence-electron chi connectivity index (χ2n) is 5.40. The van der Waals surface area contributed by atoms with Crippen molar-refractivity contribution < 1.29 is 9.13 Å². The van der Waals surface area contributed by atoms with Crippen molar-refractivity contribution in [1.29, 1.82) is 0 Å². The normalized spacial score (nSPS) is 28.6. The van der Waals surface area contributed by atoms with Crippen molar-refractivity contribution in [1.82, 2.24) is 9.80 Å². The number of nitrogens with zero attached hydrogens (tertiary/aromatic N) is 2. The molecule has 3 rings (SSSR count). The number of hydrogen-bond acceptors (Lipinski definition) is 3. The van der Waals surface area contributed by atoms with Gasteiger partial charge >= 0.3 is 0 Å². The Bertz CT molecular complexity index is 471. The van der Waals surface area contributed by atoms with Crippen molar-refractivity contribution in [2.75, 3.05) is 33.3 Å². The monoisotopic (exact) mass is 284 g/mol. The molecule has 2 fully saturated rings. The molecule has 0 spiro atoms. The fourth-order valence-corrected chi connectivity index (χ4v) is 3.08. The van der Waals surface area contributed by atoms with Gasteiger partial charge in [0.15, 0.2) is 0 Å². The zero-order valence-corrected chi connectivity index (χ0v) is 11.7. The van der Waals surface area contributed by atoms with E-state index in [1.165, 1.54) is 6.07 Å². The highest BCUT2D eigenvalue weighted by Gasteiger charge is 2.38. The van der Waals surface area contributed by atoms with Gasteiger partial charge in [0, 0.05) is 32.2 Å². The van der Waals surface area contributed by atoms with Crippen molar-refractivity contribution >= 4 is 11.6 Å². The van der Waals surface area contributed by atoms with E-state index in [0.717, 1.165) is 38.3 Å². The van der Waals surface area contributed by atoms with Crippen molar-refractivity contribution in [3.8, 4) is 0 Å². The Labute approximate surface area is 117 Å². The third-order valence-electron chi connectivity index (χ3n) is 4.04. The number of halogens is 2. The van der Waals surface area contributed by atoms with Crippen LogP contribution >= 0.6 is 11.6 Å². The highest BCUT2D eigenvalue weighted by molar-refractivity contribution is 6.30. The number of morpholine rings is 1. The smallest absolute Gasteiger partial charge is 0.142 e. The zero-order valence-electron chi connectivity index (χ0n) is 11.0. The molecule has 2 saturated heterocycles. The molecule has 1 aromatic carbocycles. The average Bonchev–Trinajstić information content (AvgIpc) is 2.78. The molecule has 104 valence electrons. The van der Waals surface area contributed by atoms with Crippen molar-refractivity contribution in [3.05, 3.63) is 34.6 Å². The Morgan fingerprint density at radius 2 is 2.26 bits per heavy atom. The Kier molecular flexibility index (Phi) is 3.76. The SMILES string of the molecule is CN1CCO[C@@H]2CN(Cc3ccc(Cl)c(F)c3)C[C@@H]21. The van der Waals surface area contributed by atoms with Crippen molar-refractivity contribution in [2.24, 2.45) is 0 Å². The minimum atomic E-state index is -0.343. The van der Waals surface area contributed by atoms with Gasteiger partial charge in [-0.3, -0.25) is 9.80 Å². The van der Waals surface area contributed by atoms with E-state index < -0.39 is 0 Å². The van der Waals surface area contributed by atoms with Gasteiger partial charge in [0.05, 0.1) is 17.7 Å². The first-order valence-corrected chi connectivity index (χ1v) is 6.99. The average molecular weight is 285 g/mol. The van der Waals surface area contributed by atoms with Crippen LogP contribution in [0.1, 0.15) is 5.56 Å². The molecule has 0 unspecified atom stereocenters. The summed E-state index contributed by atoms with van der Waals surface area (Å²) in [5.74, 6) is -0.343. The fraction of sp³-hybridized carbons (Fsp3) is 0.571. The summed E-state index contributed by atoms with van der Waals surface area (Å²) in [4.78, 5) is 4.68. The van der Waals surface area contributed by atoms with Crippen LogP contribution in [0, 0.1) is 5.82 Å². The lowest BCUT2D eigenvalue weighted by molar-refractivity contribution is -0.0370. The van der Waals surface area contributed by atoms with Crippen LogP contribution in [0.25, 0.3) is 0 Å². The first-order valence-electron chi connectivity index (χ1n) is 6.61. The van der Waals surface area contributed by atoms with Crippen LogP contribution in [0.3, 0.4) is 0 Å². The van der Waals surface area contributed by atoms with Crippen LogP contribution in [0.5, 0.6) is 0 Å². The molecule has 0 saturated carbocycles. The molecule has 5 heteroatoms. The summed E-state index contributed by atoms with van der Waals surface area (Å²) in [6.07, 6.45) is 0.288. The van der Waals surface area contributed by atoms with E-state index in [4.69, 9.17) is 16.3 Å². The fourth-order valence-electron chi connectivity index (χ4n) is 2.96. The number of rotatable bonds is 2. The largest absolute Gasteiger partial charge is 0.374 e. The van der Waals surface area contributed by atoms with Gasteiger partial charge in [-0.2, -0.15) is 0 Å². The molecule has 2 heterocycles. The molecule has 2 aliphatic heterocycles. The molecule has 0 aromatic heterocycles. The lowest BCUT2D eigenvalue weighted by atomic mass is 10.1. The maximum Gasteiger partial charge on any atom is 0.142 e. The summed E-state index contributed by atoms with van der Waals surface area (Å²) in [5.41, 5.74) is 0.961. The van der Waals surface area contributed by atoms with Gasteiger partial charge in [-0.25, -0.2) is 4.39 Å². The number of hydrogen-bond donors (Lipinski definition) is 0. The summed E-state index contributed by atoms with van der Waals surface area (Å²) in [5, 5.41) is 0.182. The topological polar surface area (TPSA) is 15.7 Å². The summed E-state index contributed by atoms with van der Waals surface area (Å²) >= 11 is 5.70. The molecule has 0 bridgehead atoms.